The van der Waals surface area contributed by atoms with E-state index in [0.29, 0.717) is 23.7 Å². The van der Waals surface area contributed by atoms with Gasteiger partial charge in [-0.05, 0) is 61.4 Å². The van der Waals surface area contributed by atoms with E-state index < -0.39 is 5.60 Å². The Morgan fingerprint density at radius 2 is 2.16 bits per heavy atom. The van der Waals surface area contributed by atoms with Gasteiger partial charge in [0.15, 0.2) is 11.6 Å². The van der Waals surface area contributed by atoms with Gasteiger partial charge in [0.1, 0.15) is 5.60 Å². The fraction of sp³-hybridized carbons (Fsp3) is 0.417. The Morgan fingerprint density at radius 1 is 1.28 bits per heavy atom. The van der Waals surface area contributed by atoms with Gasteiger partial charge in [0.2, 0.25) is 0 Å². The van der Waals surface area contributed by atoms with Crippen LogP contribution in [0.1, 0.15) is 38.2 Å². The van der Waals surface area contributed by atoms with Gasteiger partial charge in [0.25, 0.3) is 0 Å². The van der Waals surface area contributed by atoms with Crippen LogP contribution in [0.4, 0.5) is 10.6 Å². The van der Waals surface area contributed by atoms with Gasteiger partial charge < -0.3 is 14.0 Å². The van der Waals surface area contributed by atoms with Crippen molar-refractivity contribution in [3.8, 4) is 11.8 Å². The molecule has 3 heterocycles. The molecule has 1 saturated carbocycles. The average molecular weight is 431 g/mol. The van der Waals surface area contributed by atoms with Gasteiger partial charge in [-0.2, -0.15) is 5.26 Å². The number of nitrogens with zero attached hydrogens (tertiary/aromatic N) is 5. The number of anilines is 1. The molecule has 2 aromatic heterocycles. The number of nitriles is 1. The summed E-state index contributed by atoms with van der Waals surface area (Å²) in [5.74, 6) is 1.05. The number of carbonyl (C=O) groups is 1. The molecule has 2 aliphatic rings. The lowest BCUT2D eigenvalue weighted by Gasteiger charge is -2.43. The van der Waals surface area contributed by atoms with E-state index in [1.165, 1.54) is 0 Å². The van der Waals surface area contributed by atoms with Crippen LogP contribution in [0.3, 0.4) is 0 Å². The second-order valence-electron chi connectivity index (χ2n) is 9.20. The van der Waals surface area contributed by atoms with Gasteiger partial charge in [-0.15, -0.1) is 0 Å². The number of ether oxygens (including phenoxy) is 2. The van der Waals surface area contributed by atoms with Crippen LogP contribution in [-0.2, 0) is 11.3 Å². The molecule has 8 heteroatoms. The monoisotopic (exact) mass is 431 g/mol. The molecule has 0 bridgehead atoms. The molecule has 0 unspecified atom stereocenters. The van der Waals surface area contributed by atoms with Gasteiger partial charge in [-0.3, -0.25) is 4.90 Å². The summed E-state index contributed by atoms with van der Waals surface area (Å²) in [5.41, 5.74) is 1.81. The number of aromatic nitrogens is 3. The second kappa shape index (κ2) is 7.52. The normalized spacial score (nSPS) is 25.2. The smallest absolute Gasteiger partial charge is 0.416 e. The quantitative estimate of drug-likeness (QED) is 0.612. The SMILES string of the molecule is COc1cccnc1N1C[C@@]2(CCC[C@](C)(Cn3cnc4ccc(C#N)cc43)C2)OC1=O. The first-order chi connectivity index (χ1) is 15.4. The number of rotatable bonds is 4. The highest BCUT2D eigenvalue weighted by molar-refractivity contribution is 5.90. The Bertz CT molecular complexity index is 1230. The van der Waals surface area contributed by atoms with Crippen molar-refractivity contribution in [2.45, 2.75) is 44.8 Å². The van der Waals surface area contributed by atoms with E-state index in [1.807, 2.05) is 18.5 Å². The Balaban J connectivity index is 1.41. The lowest BCUT2D eigenvalue weighted by molar-refractivity contribution is -0.0264. The maximum atomic E-state index is 12.9. The minimum Gasteiger partial charge on any atom is -0.493 e. The van der Waals surface area contributed by atoms with Crippen LogP contribution >= 0.6 is 0 Å². The number of pyridine rings is 1. The molecule has 1 aromatic carbocycles. The molecule has 8 nitrogen and oxygen atoms in total. The molecule has 164 valence electrons. The molecule has 5 rings (SSSR count). The molecule has 1 aliphatic carbocycles. The average Bonchev–Trinajstić information content (AvgIpc) is 3.32. The van der Waals surface area contributed by atoms with Crippen molar-refractivity contribution >= 4 is 22.9 Å². The molecule has 2 atom stereocenters. The zero-order chi connectivity index (χ0) is 22.3. The second-order valence-corrected chi connectivity index (χ2v) is 9.20. The van der Waals surface area contributed by atoms with Crippen LogP contribution in [0, 0.1) is 16.7 Å². The first kappa shape index (κ1) is 20.3. The van der Waals surface area contributed by atoms with Crippen molar-refractivity contribution in [1.82, 2.24) is 14.5 Å². The molecule has 2 fully saturated rings. The van der Waals surface area contributed by atoms with Crippen LogP contribution in [-0.4, -0.2) is 39.9 Å². The van der Waals surface area contributed by atoms with E-state index in [-0.39, 0.29) is 11.5 Å². The van der Waals surface area contributed by atoms with Crippen LogP contribution in [0.5, 0.6) is 5.75 Å². The van der Waals surface area contributed by atoms with Gasteiger partial charge in [-0.25, -0.2) is 14.8 Å². The van der Waals surface area contributed by atoms with E-state index in [1.54, 1.807) is 36.4 Å². The fourth-order valence-corrected chi connectivity index (χ4v) is 5.34. The van der Waals surface area contributed by atoms with Crippen molar-refractivity contribution < 1.29 is 14.3 Å². The maximum Gasteiger partial charge on any atom is 0.416 e. The molecule has 1 amide bonds. The summed E-state index contributed by atoms with van der Waals surface area (Å²) in [6.45, 7) is 3.44. The lowest BCUT2D eigenvalue weighted by Crippen LogP contribution is -2.45. The standard InChI is InChI=1S/C24H25N5O3/c1-23(14-28-16-27-18-7-6-17(12-25)11-19(18)28)8-4-9-24(13-23)15-29(22(30)32-24)21-20(31-2)5-3-10-26-21/h3,5-7,10-11,16H,4,8-9,13-15H2,1-2H3/t23-,24-/m0/s1. The summed E-state index contributed by atoms with van der Waals surface area (Å²) in [6.07, 6.45) is 6.67. The number of amides is 1. The van der Waals surface area contributed by atoms with E-state index >= 15 is 0 Å². The maximum absolute atomic E-state index is 12.9. The van der Waals surface area contributed by atoms with Gasteiger partial charge >= 0.3 is 6.09 Å². The highest BCUT2D eigenvalue weighted by atomic mass is 16.6. The number of hydrogen-bond donors (Lipinski definition) is 0. The third kappa shape index (κ3) is 3.44. The third-order valence-corrected chi connectivity index (χ3v) is 6.66. The topological polar surface area (TPSA) is 93.3 Å². The highest BCUT2D eigenvalue weighted by Gasteiger charge is 2.52. The molecule has 1 spiro atoms. The minimum atomic E-state index is -0.555. The van der Waals surface area contributed by atoms with E-state index in [0.717, 1.165) is 43.3 Å². The number of imidazole rings is 1. The van der Waals surface area contributed by atoms with Crippen LogP contribution in [0.25, 0.3) is 11.0 Å². The summed E-state index contributed by atoms with van der Waals surface area (Å²) in [7, 11) is 1.57. The van der Waals surface area contributed by atoms with Crippen molar-refractivity contribution in [3.05, 3.63) is 48.4 Å². The van der Waals surface area contributed by atoms with Crippen molar-refractivity contribution in [3.63, 3.8) is 0 Å². The molecule has 1 saturated heterocycles. The Kier molecular flexibility index (Phi) is 4.77. The predicted octanol–water partition coefficient (Wildman–Crippen LogP) is 4.29. The Labute approximate surface area is 186 Å². The summed E-state index contributed by atoms with van der Waals surface area (Å²) in [6, 6.07) is 11.3. The van der Waals surface area contributed by atoms with Gasteiger partial charge in [0, 0.05) is 12.7 Å². The minimum absolute atomic E-state index is 0.0843. The fourth-order valence-electron chi connectivity index (χ4n) is 5.34. The summed E-state index contributed by atoms with van der Waals surface area (Å²) in [4.78, 5) is 23.3. The van der Waals surface area contributed by atoms with E-state index in [9.17, 15) is 10.1 Å². The lowest BCUT2D eigenvalue weighted by atomic mass is 9.68. The largest absolute Gasteiger partial charge is 0.493 e. The van der Waals surface area contributed by atoms with Crippen molar-refractivity contribution in [2.75, 3.05) is 18.6 Å². The molecular formula is C24H25N5O3. The predicted molar refractivity (Wildman–Crippen MR) is 118 cm³/mol. The number of methoxy groups -OCH3 is 1. The molecule has 0 N–H and O–H groups in total. The zero-order valence-electron chi connectivity index (χ0n) is 18.2. The van der Waals surface area contributed by atoms with Gasteiger partial charge in [0.05, 0.1) is 42.6 Å². The number of carbonyl (C=O) groups excluding carboxylic acids is 1. The number of benzene rings is 1. The molecule has 1 aliphatic heterocycles. The first-order valence-electron chi connectivity index (χ1n) is 10.8. The molecule has 32 heavy (non-hydrogen) atoms. The molecule has 3 aromatic rings. The van der Waals surface area contributed by atoms with Crippen LogP contribution < -0.4 is 9.64 Å². The Morgan fingerprint density at radius 3 is 2.97 bits per heavy atom. The first-order valence-corrected chi connectivity index (χ1v) is 10.8. The van der Waals surface area contributed by atoms with Crippen molar-refractivity contribution in [1.29, 1.82) is 5.26 Å². The number of hydrogen-bond acceptors (Lipinski definition) is 6. The summed E-state index contributed by atoms with van der Waals surface area (Å²) in [5, 5.41) is 9.27. The summed E-state index contributed by atoms with van der Waals surface area (Å²) < 4.78 is 13.5. The highest BCUT2D eigenvalue weighted by Crippen LogP contribution is 2.48. The van der Waals surface area contributed by atoms with Crippen LogP contribution in [0.2, 0.25) is 0 Å². The zero-order valence-corrected chi connectivity index (χ0v) is 18.2. The van der Waals surface area contributed by atoms with Gasteiger partial charge in [-0.1, -0.05) is 6.92 Å². The van der Waals surface area contributed by atoms with E-state index in [4.69, 9.17) is 9.47 Å². The third-order valence-electron chi connectivity index (χ3n) is 6.66. The summed E-state index contributed by atoms with van der Waals surface area (Å²) >= 11 is 0. The Hall–Kier alpha value is -3.60. The molecular weight excluding hydrogens is 406 g/mol. The van der Waals surface area contributed by atoms with Crippen molar-refractivity contribution in [2.24, 2.45) is 5.41 Å². The molecule has 0 radical (unpaired) electrons. The van der Waals surface area contributed by atoms with E-state index in [2.05, 4.69) is 27.5 Å². The number of fused-ring (bicyclic) bond motifs is 1. The van der Waals surface area contributed by atoms with Crippen LogP contribution in [0.15, 0.2) is 42.9 Å².